The molecule has 6 heteroatoms. The summed E-state index contributed by atoms with van der Waals surface area (Å²) in [4.78, 5) is 10.9. The van der Waals surface area contributed by atoms with E-state index in [0.29, 0.717) is 15.6 Å². The van der Waals surface area contributed by atoms with Gasteiger partial charge in [-0.15, -0.1) is 0 Å². The Kier molecular flexibility index (Phi) is 5.02. The number of hydrogen-bond donors (Lipinski definition) is 3. The number of amides is 1. The number of halogens is 2. The van der Waals surface area contributed by atoms with Gasteiger partial charge < -0.3 is 16.2 Å². The van der Waals surface area contributed by atoms with Crippen molar-refractivity contribution in [2.75, 3.05) is 13.1 Å². The zero-order valence-corrected chi connectivity index (χ0v) is 9.92. The highest BCUT2D eigenvalue weighted by Crippen LogP contribution is 2.29. The Morgan fingerprint density at radius 1 is 1.44 bits per heavy atom. The second-order valence-corrected chi connectivity index (χ2v) is 3.97. The maximum Gasteiger partial charge on any atom is 0.233 e. The molecule has 0 aromatic heterocycles. The molecule has 0 aliphatic carbocycles. The van der Waals surface area contributed by atoms with Crippen molar-refractivity contribution >= 4 is 29.1 Å². The number of rotatable bonds is 4. The van der Waals surface area contributed by atoms with Crippen LogP contribution in [0.25, 0.3) is 0 Å². The van der Waals surface area contributed by atoms with E-state index in [1.165, 1.54) is 0 Å². The fraction of sp³-hybridized carbons (Fsp3) is 0.300. The maximum atomic E-state index is 10.9. The Morgan fingerprint density at radius 2 is 2.00 bits per heavy atom. The molecule has 1 amide bonds. The standard InChI is InChI=1S/C10H12Cl2N2O2/c11-6-2-1-3-7(12)10(6)8(15)5-14-9(16)4-13/h1-3,8,15H,4-5,13H2,(H,14,16). The molecular formula is C10H12Cl2N2O2. The third-order valence-electron chi connectivity index (χ3n) is 2.01. The van der Waals surface area contributed by atoms with Gasteiger partial charge in [0.05, 0.1) is 12.6 Å². The maximum absolute atomic E-state index is 10.9. The van der Waals surface area contributed by atoms with E-state index in [1.54, 1.807) is 18.2 Å². The first-order valence-electron chi connectivity index (χ1n) is 4.65. The summed E-state index contributed by atoms with van der Waals surface area (Å²) in [5.74, 6) is -0.345. The average Bonchev–Trinajstić information content (AvgIpc) is 2.25. The van der Waals surface area contributed by atoms with E-state index in [0.717, 1.165) is 0 Å². The van der Waals surface area contributed by atoms with E-state index < -0.39 is 6.10 Å². The SMILES string of the molecule is NCC(=O)NCC(O)c1c(Cl)cccc1Cl. The molecule has 0 aliphatic rings. The summed E-state index contributed by atoms with van der Waals surface area (Å²) < 4.78 is 0. The van der Waals surface area contributed by atoms with Crippen LogP contribution in [0.5, 0.6) is 0 Å². The van der Waals surface area contributed by atoms with E-state index in [-0.39, 0.29) is 19.0 Å². The molecule has 0 saturated heterocycles. The molecule has 1 unspecified atom stereocenters. The molecule has 1 aromatic carbocycles. The van der Waals surface area contributed by atoms with Gasteiger partial charge in [-0.2, -0.15) is 0 Å². The fourth-order valence-electron chi connectivity index (χ4n) is 1.21. The third kappa shape index (κ3) is 3.35. The Morgan fingerprint density at radius 3 is 2.50 bits per heavy atom. The molecule has 0 spiro atoms. The van der Waals surface area contributed by atoms with Crippen molar-refractivity contribution in [1.82, 2.24) is 5.32 Å². The number of carbonyl (C=O) groups is 1. The minimum atomic E-state index is -0.948. The fourth-order valence-corrected chi connectivity index (χ4v) is 1.86. The normalized spacial score (nSPS) is 12.2. The molecule has 0 bridgehead atoms. The minimum absolute atomic E-state index is 0.0273. The van der Waals surface area contributed by atoms with Crippen LogP contribution in [0, 0.1) is 0 Å². The largest absolute Gasteiger partial charge is 0.386 e. The van der Waals surface area contributed by atoms with Gasteiger partial charge in [-0.05, 0) is 12.1 Å². The summed E-state index contributed by atoms with van der Waals surface area (Å²) in [5, 5.41) is 13.0. The van der Waals surface area contributed by atoms with Crippen LogP contribution in [0.1, 0.15) is 11.7 Å². The Balaban J connectivity index is 2.73. The number of aliphatic hydroxyl groups is 1. The van der Waals surface area contributed by atoms with E-state index in [2.05, 4.69) is 5.32 Å². The van der Waals surface area contributed by atoms with Gasteiger partial charge in [0.2, 0.25) is 5.91 Å². The summed E-state index contributed by atoms with van der Waals surface area (Å²) in [5.41, 5.74) is 5.52. The van der Waals surface area contributed by atoms with Crippen molar-refractivity contribution in [2.45, 2.75) is 6.10 Å². The lowest BCUT2D eigenvalue weighted by molar-refractivity contribution is -0.120. The van der Waals surface area contributed by atoms with Gasteiger partial charge in [0.25, 0.3) is 0 Å². The zero-order chi connectivity index (χ0) is 12.1. The van der Waals surface area contributed by atoms with Crippen molar-refractivity contribution in [1.29, 1.82) is 0 Å². The number of benzene rings is 1. The highest BCUT2D eigenvalue weighted by atomic mass is 35.5. The molecule has 0 fully saturated rings. The van der Waals surface area contributed by atoms with E-state index in [1.807, 2.05) is 0 Å². The molecule has 16 heavy (non-hydrogen) atoms. The summed E-state index contributed by atoms with van der Waals surface area (Å²) in [6, 6.07) is 4.92. The molecule has 4 nitrogen and oxygen atoms in total. The lowest BCUT2D eigenvalue weighted by Crippen LogP contribution is -2.33. The van der Waals surface area contributed by atoms with Crippen LogP contribution < -0.4 is 11.1 Å². The zero-order valence-electron chi connectivity index (χ0n) is 8.41. The molecule has 0 aliphatic heterocycles. The first-order chi connectivity index (χ1) is 7.56. The molecule has 88 valence electrons. The van der Waals surface area contributed by atoms with E-state index >= 15 is 0 Å². The predicted octanol–water partition coefficient (Wildman–Crippen LogP) is 1.10. The van der Waals surface area contributed by atoms with Crippen molar-refractivity contribution in [3.63, 3.8) is 0 Å². The second-order valence-electron chi connectivity index (χ2n) is 3.16. The lowest BCUT2D eigenvalue weighted by atomic mass is 10.1. The monoisotopic (exact) mass is 262 g/mol. The van der Waals surface area contributed by atoms with Gasteiger partial charge in [0, 0.05) is 22.2 Å². The van der Waals surface area contributed by atoms with Crippen molar-refractivity contribution in [3.05, 3.63) is 33.8 Å². The molecule has 0 radical (unpaired) electrons. The van der Waals surface area contributed by atoms with Crippen LogP contribution in [-0.2, 0) is 4.79 Å². The van der Waals surface area contributed by atoms with E-state index in [9.17, 15) is 9.90 Å². The highest BCUT2D eigenvalue weighted by Gasteiger charge is 2.15. The van der Waals surface area contributed by atoms with Crippen LogP contribution >= 0.6 is 23.2 Å². The Labute approximate surface area is 103 Å². The predicted molar refractivity (Wildman–Crippen MR) is 63.5 cm³/mol. The average molecular weight is 263 g/mol. The summed E-state index contributed by atoms with van der Waals surface area (Å²) in [7, 11) is 0. The molecule has 0 saturated carbocycles. The quantitative estimate of drug-likeness (QED) is 0.761. The third-order valence-corrected chi connectivity index (χ3v) is 2.67. The molecule has 0 heterocycles. The Hall–Kier alpha value is -0.810. The smallest absolute Gasteiger partial charge is 0.233 e. The van der Waals surface area contributed by atoms with Gasteiger partial charge in [0.15, 0.2) is 0 Å². The summed E-state index contributed by atoms with van der Waals surface area (Å²) >= 11 is 11.8. The van der Waals surface area contributed by atoms with E-state index in [4.69, 9.17) is 28.9 Å². The lowest BCUT2D eigenvalue weighted by Gasteiger charge is -2.14. The number of hydrogen-bond acceptors (Lipinski definition) is 3. The van der Waals surface area contributed by atoms with Crippen molar-refractivity contribution in [2.24, 2.45) is 5.73 Å². The Bertz CT molecular complexity index is 365. The first-order valence-corrected chi connectivity index (χ1v) is 5.40. The van der Waals surface area contributed by atoms with Crippen LogP contribution in [0.3, 0.4) is 0 Å². The number of aliphatic hydroxyl groups excluding tert-OH is 1. The second kappa shape index (κ2) is 6.06. The van der Waals surface area contributed by atoms with Crippen LogP contribution in [-0.4, -0.2) is 24.1 Å². The van der Waals surface area contributed by atoms with Crippen LogP contribution in [0.15, 0.2) is 18.2 Å². The highest BCUT2D eigenvalue weighted by molar-refractivity contribution is 6.36. The van der Waals surface area contributed by atoms with Crippen molar-refractivity contribution in [3.8, 4) is 0 Å². The number of nitrogens with one attached hydrogen (secondary N) is 1. The van der Waals surface area contributed by atoms with Crippen LogP contribution in [0.2, 0.25) is 10.0 Å². The molecule has 1 rings (SSSR count). The molecule has 1 atom stereocenters. The van der Waals surface area contributed by atoms with Gasteiger partial charge in [-0.25, -0.2) is 0 Å². The molecule has 4 N–H and O–H groups in total. The van der Waals surface area contributed by atoms with Crippen molar-refractivity contribution < 1.29 is 9.90 Å². The molecule has 1 aromatic rings. The topological polar surface area (TPSA) is 75.4 Å². The van der Waals surface area contributed by atoms with Gasteiger partial charge in [0.1, 0.15) is 0 Å². The van der Waals surface area contributed by atoms with Crippen LogP contribution in [0.4, 0.5) is 0 Å². The van der Waals surface area contributed by atoms with Gasteiger partial charge in [-0.1, -0.05) is 29.3 Å². The summed E-state index contributed by atoms with van der Waals surface area (Å²) in [6.45, 7) is -0.0948. The minimum Gasteiger partial charge on any atom is -0.386 e. The molecular weight excluding hydrogens is 251 g/mol. The number of carbonyl (C=O) groups excluding carboxylic acids is 1. The first kappa shape index (κ1) is 13.3. The number of nitrogens with two attached hydrogens (primary N) is 1. The van der Waals surface area contributed by atoms with Gasteiger partial charge in [-0.3, -0.25) is 4.79 Å². The van der Waals surface area contributed by atoms with Gasteiger partial charge >= 0.3 is 0 Å². The summed E-state index contributed by atoms with van der Waals surface area (Å²) in [6.07, 6.45) is -0.948.